The van der Waals surface area contributed by atoms with Gasteiger partial charge in [0.15, 0.2) is 0 Å². The molecular formula is C18H24BrClN2O2. The molecule has 1 aliphatic heterocycles. The van der Waals surface area contributed by atoms with Gasteiger partial charge in [0.2, 0.25) is 0 Å². The minimum atomic E-state index is -0.446. The van der Waals surface area contributed by atoms with Gasteiger partial charge < -0.3 is 4.74 Å². The van der Waals surface area contributed by atoms with Crippen LogP contribution in [0.3, 0.4) is 0 Å². The third-order valence-corrected chi connectivity index (χ3v) is 5.55. The molecule has 1 aromatic carbocycles. The van der Waals surface area contributed by atoms with Crippen LogP contribution in [0.2, 0.25) is 5.02 Å². The average molecular weight is 416 g/mol. The minimum absolute atomic E-state index is 0.0283. The molecule has 1 saturated heterocycles. The molecule has 2 fully saturated rings. The van der Waals surface area contributed by atoms with Gasteiger partial charge in [-0.05, 0) is 51.3 Å². The van der Waals surface area contributed by atoms with Crippen LogP contribution in [-0.2, 0) is 11.3 Å². The van der Waals surface area contributed by atoms with Crippen LogP contribution in [0.5, 0.6) is 0 Å². The molecule has 0 unspecified atom stereocenters. The highest BCUT2D eigenvalue weighted by Crippen LogP contribution is 2.45. The van der Waals surface area contributed by atoms with Crippen LogP contribution in [-0.4, -0.2) is 46.7 Å². The van der Waals surface area contributed by atoms with Crippen molar-refractivity contribution >= 4 is 33.6 Å². The topological polar surface area (TPSA) is 32.8 Å². The maximum atomic E-state index is 12.5. The fraction of sp³-hybridized carbons (Fsp3) is 0.611. The van der Waals surface area contributed by atoms with Crippen molar-refractivity contribution in [3.05, 3.63) is 33.3 Å². The molecule has 3 rings (SSSR count). The molecule has 1 saturated carbocycles. The molecule has 1 amide bonds. The van der Waals surface area contributed by atoms with Crippen molar-refractivity contribution in [2.45, 2.75) is 51.3 Å². The van der Waals surface area contributed by atoms with Crippen LogP contribution >= 0.6 is 27.5 Å². The predicted octanol–water partition coefficient (Wildman–Crippen LogP) is 4.69. The monoisotopic (exact) mass is 414 g/mol. The Labute approximate surface area is 157 Å². The zero-order chi connectivity index (χ0) is 17.5. The van der Waals surface area contributed by atoms with Gasteiger partial charge in [-0.3, -0.25) is 9.80 Å². The largest absolute Gasteiger partial charge is 0.444 e. The summed E-state index contributed by atoms with van der Waals surface area (Å²) in [5.41, 5.74) is 0.749. The first-order chi connectivity index (χ1) is 11.2. The summed E-state index contributed by atoms with van der Waals surface area (Å²) in [6.45, 7) is 9.09. The Bertz CT molecular complexity index is 640. The Morgan fingerprint density at radius 1 is 1.33 bits per heavy atom. The van der Waals surface area contributed by atoms with Gasteiger partial charge in [-0.25, -0.2) is 4.79 Å². The Morgan fingerprint density at radius 2 is 2.04 bits per heavy atom. The van der Waals surface area contributed by atoms with E-state index in [1.807, 2.05) is 37.8 Å². The Hall–Kier alpha value is -0.780. The summed E-state index contributed by atoms with van der Waals surface area (Å²) in [5, 5.41) is 0.735. The lowest BCUT2D eigenvalue weighted by Gasteiger charge is -2.42. The normalized spacial score (nSPS) is 20.3. The summed E-state index contributed by atoms with van der Waals surface area (Å²) >= 11 is 9.61. The smallest absolute Gasteiger partial charge is 0.410 e. The number of nitrogens with zero attached hydrogens (tertiary/aromatic N) is 2. The van der Waals surface area contributed by atoms with Gasteiger partial charge in [0, 0.05) is 35.7 Å². The number of ether oxygens (including phenoxy) is 1. The molecular weight excluding hydrogens is 392 g/mol. The van der Waals surface area contributed by atoms with E-state index < -0.39 is 5.60 Å². The summed E-state index contributed by atoms with van der Waals surface area (Å²) in [5.74, 6) is 0. The molecule has 1 aromatic rings. The lowest BCUT2D eigenvalue weighted by molar-refractivity contribution is -0.00810. The second-order valence-electron chi connectivity index (χ2n) is 7.80. The molecule has 6 heteroatoms. The quantitative estimate of drug-likeness (QED) is 0.702. The highest BCUT2D eigenvalue weighted by atomic mass is 79.9. The number of carbonyl (C=O) groups excluding carboxylic acids is 1. The van der Waals surface area contributed by atoms with E-state index in [4.69, 9.17) is 16.3 Å². The van der Waals surface area contributed by atoms with E-state index in [9.17, 15) is 4.79 Å². The average Bonchev–Trinajstić information content (AvgIpc) is 3.20. The number of rotatable bonds is 2. The van der Waals surface area contributed by atoms with E-state index in [2.05, 4.69) is 26.9 Å². The second kappa shape index (κ2) is 6.50. The number of carbonyl (C=O) groups is 1. The van der Waals surface area contributed by atoms with Crippen molar-refractivity contribution < 1.29 is 9.53 Å². The van der Waals surface area contributed by atoms with Crippen LogP contribution in [0, 0.1) is 0 Å². The number of amides is 1. The molecule has 2 aliphatic rings. The van der Waals surface area contributed by atoms with Gasteiger partial charge in [0.25, 0.3) is 0 Å². The summed E-state index contributed by atoms with van der Waals surface area (Å²) in [4.78, 5) is 16.9. The molecule has 1 aliphatic carbocycles. The van der Waals surface area contributed by atoms with Gasteiger partial charge in [0.05, 0.1) is 5.54 Å². The number of hydrogen-bond donors (Lipinski definition) is 0. The highest BCUT2D eigenvalue weighted by molar-refractivity contribution is 9.10. The molecule has 1 heterocycles. The Morgan fingerprint density at radius 3 is 2.62 bits per heavy atom. The second-order valence-corrected chi connectivity index (χ2v) is 9.09. The number of benzene rings is 1. The lowest BCUT2D eigenvalue weighted by atomic mass is 10.1. The Balaban J connectivity index is 1.65. The molecule has 0 bridgehead atoms. The molecule has 0 radical (unpaired) electrons. The zero-order valence-corrected chi connectivity index (χ0v) is 16.8. The standard InChI is InChI=1S/C18H24BrClN2O2/c1-17(2,3)24-16(23)22-9-8-21(12-18(22)6-7-18)11-13-4-5-14(20)10-15(13)19/h4-5,10H,6-9,11-12H2,1-3H3. The Kier molecular flexibility index (Phi) is 4.89. The number of piperazine rings is 1. The van der Waals surface area contributed by atoms with Crippen LogP contribution in [0.25, 0.3) is 0 Å². The van der Waals surface area contributed by atoms with Crippen molar-refractivity contribution in [1.29, 1.82) is 0 Å². The van der Waals surface area contributed by atoms with E-state index in [1.165, 1.54) is 5.56 Å². The predicted molar refractivity (Wildman–Crippen MR) is 99.3 cm³/mol. The van der Waals surface area contributed by atoms with Crippen molar-refractivity contribution in [2.24, 2.45) is 0 Å². The van der Waals surface area contributed by atoms with E-state index in [0.29, 0.717) is 0 Å². The fourth-order valence-corrected chi connectivity index (χ4v) is 4.07. The first-order valence-corrected chi connectivity index (χ1v) is 9.53. The highest BCUT2D eigenvalue weighted by Gasteiger charge is 2.54. The van der Waals surface area contributed by atoms with Gasteiger partial charge in [-0.15, -0.1) is 0 Å². The molecule has 0 atom stereocenters. The molecule has 132 valence electrons. The van der Waals surface area contributed by atoms with Crippen molar-refractivity contribution in [2.75, 3.05) is 19.6 Å². The molecule has 0 N–H and O–H groups in total. The number of hydrogen-bond acceptors (Lipinski definition) is 3. The lowest BCUT2D eigenvalue weighted by Crippen LogP contribution is -2.57. The van der Waals surface area contributed by atoms with Crippen LogP contribution < -0.4 is 0 Å². The third kappa shape index (κ3) is 4.06. The molecule has 0 aromatic heterocycles. The van der Waals surface area contributed by atoms with Crippen molar-refractivity contribution in [1.82, 2.24) is 9.80 Å². The third-order valence-electron chi connectivity index (χ3n) is 4.58. The van der Waals surface area contributed by atoms with Crippen molar-refractivity contribution in [3.8, 4) is 0 Å². The van der Waals surface area contributed by atoms with Gasteiger partial charge in [-0.2, -0.15) is 0 Å². The van der Waals surface area contributed by atoms with E-state index >= 15 is 0 Å². The summed E-state index contributed by atoms with van der Waals surface area (Å²) < 4.78 is 6.62. The first-order valence-electron chi connectivity index (χ1n) is 8.35. The van der Waals surface area contributed by atoms with E-state index in [0.717, 1.165) is 48.5 Å². The molecule has 4 nitrogen and oxygen atoms in total. The van der Waals surface area contributed by atoms with Crippen LogP contribution in [0.4, 0.5) is 4.79 Å². The fourth-order valence-electron chi connectivity index (χ4n) is 3.26. The SMILES string of the molecule is CC(C)(C)OC(=O)N1CCN(Cc2ccc(Cl)cc2Br)CC12CC2. The summed E-state index contributed by atoms with van der Waals surface area (Å²) in [6, 6.07) is 5.92. The van der Waals surface area contributed by atoms with Gasteiger partial charge >= 0.3 is 6.09 Å². The first kappa shape index (κ1) is 18.0. The zero-order valence-electron chi connectivity index (χ0n) is 14.4. The van der Waals surface area contributed by atoms with E-state index in [-0.39, 0.29) is 11.6 Å². The van der Waals surface area contributed by atoms with Crippen LogP contribution in [0.15, 0.2) is 22.7 Å². The van der Waals surface area contributed by atoms with Crippen LogP contribution in [0.1, 0.15) is 39.2 Å². The van der Waals surface area contributed by atoms with Gasteiger partial charge in [-0.1, -0.05) is 33.6 Å². The summed E-state index contributed by atoms with van der Waals surface area (Å²) in [7, 11) is 0. The summed E-state index contributed by atoms with van der Waals surface area (Å²) in [6.07, 6.45) is 1.95. The molecule has 24 heavy (non-hydrogen) atoms. The van der Waals surface area contributed by atoms with Crippen molar-refractivity contribution in [3.63, 3.8) is 0 Å². The molecule has 1 spiro atoms. The maximum Gasteiger partial charge on any atom is 0.410 e. The minimum Gasteiger partial charge on any atom is -0.444 e. The van der Waals surface area contributed by atoms with Gasteiger partial charge in [0.1, 0.15) is 5.60 Å². The van der Waals surface area contributed by atoms with E-state index in [1.54, 1.807) is 0 Å². The maximum absolute atomic E-state index is 12.5. The number of halogens is 2.